The average molecular weight is 317 g/mol. The maximum atomic E-state index is 13.0. The van der Waals surface area contributed by atoms with E-state index in [2.05, 4.69) is 15.9 Å². The van der Waals surface area contributed by atoms with E-state index < -0.39 is 0 Å². The first kappa shape index (κ1) is 12.2. The first-order valence-corrected chi connectivity index (χ1v) is 5.91. The monoisotopic (exact) mass is 315 g/mol. The number of rotatable bonds is 2. The highest BCUT2D eigenvalue weighted by atomic mass is 79.9. The summed E-state index contributed by atoms with van der Waals surface area (Å²) >= 11 is 8.86. The standard InChI is InChI=1S/C12H8BrClFNO/c13-9-6-8(2-3-10(9)15)17-12-4-1-7(14)5-11(12)16/h1-6H,16H2. The summed E-state index contributed by atoms with van der Waals surface area (Å²) in [5.74, 6) is 0.627. The van der Waals surface area contributed by atoms with Gasteiger partial charge in [-0.25, -0.2) is 4.39 Å². The largest absolute Gasteiger partial charge is 0.455 e. The quantitative estimate of drug-likeness (QED) is 0.821. The molecule has 0 fully saturated rings. The van der Waals surface area contributed by atoms with E-state index in [-0.39, 0.29) is 5.82 Å². The van der Waals surface area contributed by atoms with Gasteiger partial charge in [0.25, 0.3) is 0 Å². The SMILES string of the molecule is Nc1cc(Cl)ccc1Oc1ccc(F)c(Br)c1. The molecule has 0 bridgehead atoms. The Balaban J connectivity index is 2.28. The van der Waals surface area contributed by atoms with Crippen LogP contribution in [0, 0.1) is 5.82 Å². The zero-order valence-electron chi connectivity index (χ0n) is 8.58. The molecule has 0 unspecified atom stereocenters. The lowest BCUT2D eigenvalue weighted by Gasteiger charge is -2.09. The molecule has 2 N–H and O–H groups in total. The Morgan fingerprint density at radius 1 is 1.18 bits per heavy atom. The van der Waals surface area contributed by atoms with E-state index in [0.29, 0.717) is 26.7 Å². The van der Waals surface area contributed by atoms with Gasteiger partial charge in [-0.2, -0.15) is 0 Å². The molecule has 5 heteroatoms. The van der Waals surface area contributed by atoms with Crippen LogP contribution in [0.3, 0.4) is 0 Å². The number of anilines is 1. The van der Waals surface area contributed by atoms with Crippen molar-refractivity contribution in [1.82, 2.24) is 0 Å². The summed E-state index contributed by atoms with van der Waals surface area (Å²) in [6.07, 6.45) is 0. The van der Waals surface area contributed by atoms with Crippen LogP contribution >= 0.6 is 27.5 Å². The number of halogens is 3. The van der Waals surface area contributed by atoms with Gasteiger partial charge in [-0.1, -0.05) is 11.6 Å². The van der Waals surface area contributed by atoms with E-state index in [0.717, 1.165) is 0 Å². The van der Waals surface area contributed by atoms with Crippen LogP contribution in [-0.2, 0) is 0 Å². The molecule has 2 nitrogen and oxygen atoms in total. The van der Waals surface area contributed by atoms with Gasteiger partial charge in [-0.05, 0) is 52.3 Å². The Bertz CT molecular complexity index is 562. The number of hydrogen-bond donors (Lipinski definition) is 1. The Hall–Kier alpha value is -1.26. The summed E-state index contributed by atoms with van der Waals surface area (Å²) in [6.45, 7) is 0. The van der Waals surface area contributed by atoms with Gasteiger partial charge < -0.3 is 10.5 Å². The van der Waals surface area contributed by atoms with Crippen LogP contribution in [0.5, 0.6) is 11.5 Å². The highest BCUT2D eigenvalue weighted by molar-refractivity contribution is 9.10. The van der Waals surface area contributed by atoms with Crippen LogP contribution in [-0.4, -0.2) is 0 Å². The van der Waals surface area contributed by atoms with Gasteiger partial charge in [0, 0.05) is 5.02 Å². The molecule has 0 atom stereocenters. The van der Waals surface area contributed by atoms with Crippen molar-refractivity contribution in [2.24, 2.45) is 0 Å². The van der Waals surface area contributed by atoms with Crippen LogP contribution in [0.4, 0.5) is 10.1 Å². The molecule has 0 aliphatic heterocycles. The molecule has 0 saturated carbocycles. The summed E-state index contributed by atoms with van der Waals surface area (Å²) < 4.78 is 18.9. The molecule has 0 aromatic heterocycles. The third-order valence-electron chi connectivity index (χ3n) is 2.09. The lowest BCUT2D eigenvalue weighted by Crippen LogP contribution is -1.92. The fraction of sp³-hybridized carbons (Fsp3) is 0. The second-order valence-corrected chi connectivity index (χ2v) is 4.65. The van der Waals surface area contributed by atoms with Crippen molar-refractivity contribution in [3.63, 3.8) is 0 Å². The normalized spacial score (nSPS) is 10.3. The second-order valence-electron chi connectivity index (χ2n) is 3.36. The second kappa shape index (κ2) is 4.94. The minimum atomic E-state index is -0.346. The lowest BCUT2D eigenvalue weighted by molar-refractivity contribution is 0.482. The molecular formula is C12H8BrClFNO. The molecule has 0 heterocycles. The fourth-order valence-corrected chi connectivity index (χ4v) is 1.82. The summed E-state index contributed by atoms with van der Waals surface area (Å²) in [5, 5.41) is 0.537. The smallest absolute Gasteiger partial charge is 0.150 e. The van der Waals surface area contributed by atoms with Gasteiger partial charge in [0.1, 0.15) is 17.3 Å². The van der Waals surface area contributed by atoms with E-state index in [1.165, 1.54) is 18.2 Å². The van der Waals surface area contributed by atoms with Crippen molar-refractivity contribution in [2.45, 2.75) is 0 Å². The Kier molecular flexibility index (Phi) is 3.54. The van der Waals surface area contributed by atoms with E-state index in [1.54, 1.807) is 18.2 Å². The van der Waals surface area contributed by atoms with Crippen molar-refractivity contribution in [1.29, 1.82) is 0 Å². The first-order valence-electron chi connectivity index (χ1n) is 4.74. The summed E-state index contributed by atoms with van der Waals surface area (Å²) in [7, 11) is 0. The van der Waals surface area contributed by atoms with Gasteiger partial charge in [-0.3, -0.25) is 0 Å². The Morgan fingerprint density at radius 3 is 2.59 bits per heavy atom. The zero-order chi connectivity index (χ0) is 12.4. The van der Waals surface area contributed by atoms with Gasteiger partial charge in [0.05, 0.1) is 10.2 Å². The van der Waals surface area contributed by atoms with Gasteiger partial charge in [-0.15, -0.1) is 0 Å². The lowest BCUT2D eigenvalue weighted by atomic mass is 10.3. The third kappa shape index (κ3) is 2.90. The van der Waals surface area contributed by atoms with Crippen LogP contribution < -0.4 is 10.5 Å². The number of ether oxygens (including phenoxy) is 1. The molecule has 0 spiro atoms. The molecule has 0 aliphatic carbocycles. The molecule has 0 aliphatic rings. The van der Waals surface area contributed by atoms with Gasteiger partial charge in [0.2, 0.25) is 0 Å². The number of nitrogens with two attached hydrogens (primary N) is 1. The highest BCUT2D eigenvalue weighted by Crippen LogP contribution is 2.31. The van der Waals surface area contributed by atoms with Crippen molar-refractivity contribution in [2.75, 3.05) is 5.73 Å². The minimum absolute atomic E-state index is 0.336. The van der Waals surface area contributed by atoms with E-state index in [4.69, 9.17) is 22.1 Å². The topological polar surface area (TPSA) is 35.2 Å². The van der Waals surface area contributed by atoms with Crippen LogP contribution in [0.2, 0.25) is 5.02 Å². The van der Waals surface area contributed by atoms with Crippen molar-refractivity contribution in [3.05, 3.63) is 51.7 Å². The predicted octanol–water partition coefficient (Wildman–Crippen LogP) is 4.62. The van der Waals surface area contributed by atoms with Crippen molar-refractivity contribution in [3.8, 4) is 11.5 Å². The highest BCUT2D eigenvalue weighted by Gasteiger charge is 2.05. The van der Waals surface area contributed by atoms with Crippen LogP contribution in [0.25, 0.3) is 0 Å². The summed E-state index contributed by atoms with van der Waals surface area (Å²) in [5.41, 5.74) is 6.17. The summed E-state index contributed by atoms with van der Waals surface area (Å²) in [6, 6.07) is 9.29. The van der Waals surface area contributed by atoms with Crippen molar-refractivity contribution < 1.29 is 9.13 Å². The van der Waals surface area contributed by atoms with Crippen LogP contribution in [0.15, 0.2) is 40.9 Å². The minimum Gasteiger partial charge on any atom is -0.455 e. The predicted molar refractivity (Wildman–Crippen MR) is 70.0 cm³/mol. The average Bonchev–Trinajstić information content (AvgIpc) is 2.27. The molecule has 0 saturated heterocycles. The fourth-order valence-electron chi connectivity index (χ4n) is 1.28. The number of nitrogen functional groups attached to an aromatic ring is 1. The number of hydrogen-bond acceptors (Lipinski definition) is 2. The molecule has 2 rings (SSSR count). The molecule has 0 amide bonds. The molecular weight excluding hydrogens is 308 g/mol. The third-order valence-corrected chi connectivity index (χ3v) is 2.93. The molecule has 88 valence electrons. The van der Waals surface area contributed by atoms with Gasteiger partial charge >= 0.3 is 0 Å². The summed E-state index contributed by atoms with van der Waals surface area (Å²) in [4.78, 5) is 0. The molecule has 0 radical (unpaired) electrons. The van der Waals surface area contributed by atoms with Crippen LogP contribution in [0.1, 0.15) is 0 Å². The van der Waals surface area contributed by atoms with E-state index in [9.17, 15) is 4.39 Å². The Morgan fingerprint density at radius 2 is 1.94 bits per heavy atom. The first-order chi connectivity index (χ1) is 8.06. The molecule has 17 heavy (non-hydrogen) atoms. The van der Waals surface area contributed by atoms with Gasteiger partial charge in [0.15, 0.2) is 0 Å². The maximum Gasteiger partial charge on any atom is 0.150 e. The van der Waals surface area contributed by atoms with E-state index in [1.807, 2.05) is 0 Å². The molecule has 2 aromatic rings. The van der Waals surface area contributed by atoms with Crippen molar-refractivity contribution >= 4 is 33.2 Å². The van der Waals surface area contributed by atoms with E-state index >= 15 is 0 Å². The molecule has 2 aromatic carbocycles. The zero-order valence-corrected chi connectivity index (χ0v) is 10.9. The Labute approximate surface area is 111 Å². The maximum absolute atomic E-state index is 13.0. The number of benzene rings is 2.